The molecule has 3 rings (SSSR count). The summed E-state index contributed by atoms with van der Waals surface area (Å²) in [6.45, 7) is 9.22. The van der Waals surface area contributed by atoms with Gasteiger partial charge in [0.2, 0.25) is 5.91 Å². The van der Waals surface area contributed by atoms with Crippen LogP contribution in [0.2, 0.25) is 0 Å². The molecule has 2 aliphatic rings. The Morgan fingerprint density at radius 1 is 1.37 bits per heavy atom. The highest BCUT2D eigenvalue weighted by Gasteiger charge is 2.24. The summed E-state index contributed by atoms with van der Waals surface area (Å²) in [4.78, 5) is 21.5. The third-order valence-corrected chi connectivity index (χ3v) is 5.90. The van der Waals surface area contributed by atoms with Crippen LogP contribution in [0.1, 0.15) is 45.1 Å². The maximum Gasteiger partial charge on any atom is 0.237 e. The van der Waals surface area contributed by atoms with Crippen LogP contribution in [-0.2, 0) is 11.3 Å². The number of nitrogens with one attached hydrogen (secondary N) is 2. The molecule has 6 heteroatoms. The zero-order valence-electron chi connectivity index (χ0n) is 17.1. The molecule has 0 radical (unpaired) electrons. The van der Waals surface area contributed by atoms with E-state index in [4.69, 9.17) is 0 Å². The molecule has 2 aliphatic heterocycles. The van der Waals surface area contributed by atoms with Crippen LogP contribution < -0.4 is 15.5 Å². The van der Waals surface area contributed by atoms with Crippen molar-refractivity contribution >= 4 is 11.7 Å². The third-order valence-electron chi connectivity index (χ3n) is 5.90. The Morgan fingerprint density at radius 3 is 2.89 bits per heavy atom. The number of piperidine rings is 1. The third kappa shape index (κ3) is 5.66. The Bertz CT molecular complexity index is 597. The van der Waals surface area contributed by atoms with E-state index >= 15 is 0 Å². The number of pyridine rings is 1. The lowest BCUT2D eigenvalue weighted by molar-refractivity contribution is -0.123. The number of anilines is 1. The molecule has 0 bridgehead atoms. The molecule has 27 heavy (non-hydrogen) atoms. The first-order valence-electron chi connectivity index (χ1n) is 10.4. The van der Waals surface area contributed by atoms with E-state index in [9.17, 15) is 4.79 Å². The highest BCUT2D eigenvalue weighted by atomic mass is 16.2. The van der Waals surface area contributed by atoms with Gasteiger partial charge in [-0.3, -0.25) is 9.69 Å². The average molecular weight is 374 g/mol. The topological polar surface area (TPSA) is 60.5 Å². The molecule has 3 heterocycles. The van der Waals surface area contributed by atoms with E-state index in [1.807, 2.05) is 6.20 Å². The van der Waals surface area contributed by atoms with Crippen molar-refractivity contribution in [3.05, 3.63) is 23.9 Å². The van der Waals surface area contributed by atoms with Crippen molar-refractivity contribution in [3.63, 3.8) is 0 Å². The molecule has 6 nitrogen and oxygen atoms in total. The van der Waals surface area contributed by atoms with Gasteiger partial charge in [0.15, 0.2) is 0 Å². The summed E-state index contributed by atoms with van der Waals surface area (Å²) in [5.74, 6) is 1.75. The number of rotatable bonds is 7. The summed E-state index contributed by atoms with van der Waals surface area (Å²) in [6.07, 6.45) is 6.48. The van der Waals surface area contributed by atoms with E-state index in [0.29, 0.717) is 12.0 Å². The zero-order chi connectivity index (χ0) is 19.2. The molecule has 1 amide bonds. The first-order chi connectivity index (χ1) is 13.0. The van der Waals surface area contributed by atoms with E-state index in [1.54, 1.807) is 0 Å². The fourth-order valence-corrected chi connectivity index (χ4v) is 3.98. The second kappa shape index (κ2) is 9.51. The van der Waals surface area contributed by atoms with Gasteiger partial charge in [0.1, 0.15) is 5.82 Å². The molecule has 150 valence electrons. The molecular formula is C21H35N5O. The lowest BCUT2D eigenvalue weighted by Gasteiger charge is -2.33. The Hall–Kier alpha value is -1.66. The molecule has 2 saturated heterocycles. The lowest BCUT2D eigenvalue weighted by atomic mass is 9.97. The molecule has 1 aromatic rings. The highest BCUT2D eigenvalue weighted by molar-refractivity contribution is 5.81. The summed E-state index contributed by atoms with van der Waals surface area (Å²) in [7, 11) is 2.08. The van der Waals surface area contributed by atoms with E-state index in [0.717, 1.165) is 51.4 Å². The summed E-state index contributed by atoms with van der Waals surface area (Å²) < 4.78 is 0. The second-order valence-electron chi connectivity index (χ2n) is 8.37. The van der Waals surface area contributed by atoms with E-state index in [2.05, 4.69) is 58.4 Å². The predicted octanol–water partition coefficient (Wildman–Crippen LogP) is 2.01. The van der Waals surface area contributed by atoms with Gasteiger partial charge in [-0.15, -0.1) is 0 Å². The molecule has 2 fully saturated rings. The van der Waals surface area contributed by atoms with Gasteiger partial charge in [-0.05, 0) is 70.2 Å². The second-order valence-corrected chi connectivity index (χ2v) is 8.37. The number of nitrogens with zero attached hydrogens (tertiary/aromatic N) is 3. The quantitative estimate of drug-likeness (QED) is 0.766. The summed E-state index contributed by atoms with van der Waals surface area (Å²) in [5, 5.41) is 6.44. The Balaban J connectivity index is 1.45. The van der Waals surface area contributed by atoms with Crippen molar-refractivity contribution in [1.29, 1.82) is 0 Å². The SMILES string of the molecule is CC(C)N(C)c1ccc(CN2CCCC(CNC(=O)C3CCCN3)C2)cn1. The normalized spacial score (nSPS) is 23.6. The standard InChI is InChI=1S/C21H35N5O/c1-16(2)25(3)20-9-8-18(12-23-20)15-26-11-5-6-17(14-26)13-24-21(27)19-7-4-10-22-19/h8-9,12,16-17,19,22H,4-7,10-11,13-15H2,1-3H3,(H,24,27). The Kier molecular flexibility index (Phi) is 7.07. The van der Waals surface area contributed by atoms with Crippen molar-refractivity contribution < 1.29 is 4.79 Å². The van der Waals surface area contributed by atoms with E-state index < -0.39 is 0 Å². The first-order valence-corrected chi connectivity index (χ1v) is 10.4. The van der Waals surface area contributed by atoms with Crippen LogP contribution in [0.3, 0.4) is 0 Å². The number of likely N-dealkylation sites (tertiary alicyclic amines) is 1. The first kappa shape index (κ1) is 20.1. The number of carbonyl (C=O) groups excluding carboxylic acids is 1. The number of aromatic nitrogens is 1. The van der Waals surface area contributed by atoms with Gasteiger partial charge < -0.3 is 15.5 Å². The minimum atomic E-state index is 0.0262. The van der Waals surface area contributed by atoms with E-state index in [1.165, 1.54) is 18.4 Å². The fourth-order valence-electron chi connectivity index (χ4n) is 3.98. The predicted molar refractivity (Wildman–Crippen MR) is 110 cm³/mol. The number of amides is 1. The van der Waals surface area contributed by atoms with Gasteiger partial charge in [-0.2, -0.15) is 0 Å². The van der Waals surface area contributed by atoms with Crippen molar-refractivity contribution in [2.24, 2.45) is 5.92 Å². The largest absolute Gasteiger partial charge is 0.357 e. The molecule has 2 N–H and O–H groups in total. The average Bonchev–Trinajstić information content (AvgIpc) is 3.21. The van der Waals surface area contributed by atoms with Crippen LogP contribution in [0.4, 0.5) is 5.82 Å². The summed E-state index contributed by atoms with van der Waals surface area (Å²) in [6, 6.07) is 4.78. The number of hydrogen-bond acceptors (Lipinski definition) is 5. The van der Waals surface area contributed by atoms with Crippen LogP contribution in [0.5, 0.6) is 0 Å². The van der Waals surface area contributed by atoms with Gasteiger partial charge in [0, 0.05) is 38.9 Å². The molecular weight excluding hydrogens is 338 g/mol. The van der Waals surface area contributed by atoms with Gasteiger partial charge in [-0.1, -0.05) is 6.07 Å². The minimum absolute atomic E-state index is 0.0262. The highest BCUT2D eigenvalue weighted by Crippen LogP contribution is 2.19. The van der Waals surface area contributed by atoms with Crippen LogP contribution in [-0.4, -0.2) is 61.1 Å². The maximum atomic E-state index is 12.2. The molecule has 0 aromatic carbocycles. The maximum absolute atomic E-state index is 12.2. The van der Waals surface area contributed by atoms with Gasteiger partial charge in [0.05, 0.1) is 6.04 Å². The molecule has 0 aliphatic carbocycles. The molecule has 0 spiro atoms. The monoisotopic (exact) mass is 373 g/mol. The van der Waals surface area contributed by atoms with Crippen molar-refractivity contribution in [3.8, 4) is 0 Å². The zero-order valence-corrected chi connectivity index (χ0v) is 17.1. The van der Waals surface area contributed by atoms with Gasteiger partial charge in [0.25, 0.3) is 0 Å². The lowest BCUT2D eigenvalue weighted by Crippen LogP contribution is -2.45. The summed E-state index contributed by atoms with van der Waals surface area (Å²) >= 11 is 0. The number of hydrogen-bond donors (Lipinski definition) is 2. The van der Waals surface area contributed by atoms with E-state index in [-0.39, 0.29) is 11.9 Å². The van der Waals surface area contributed by atoms with Crippen molar-refractivity contribution in [1.82, 2.24) is 20.5 Å². The molecule has 0 saturated carbocycles. The van der Waals surface area contributed by atoms with Crippen molar-refractivity contribution in [2.45, 2.75) is 58.2 Å². The van der Waals surface area contributed by atoms with Crippen LogP contribution in [0.15, 0.2) is 18.3 Å². The van der Waals surface area contributed by atoms with Crippen LogP contribution in [0.25, 0.3) is 0 Å². The molecule has 2 atom stereocenters. The van der Waals surface area contributed by atoms with Crippen LogP contribution >= 0.6 is 0 Å². The minimum Gasteiger partial charge on any atom is -0.357 e. The Labute approximate surface area is 163 Å². The van der Waals surface area contributed by atoms with Gasteiger partial charge >= 0.3 is 0 Å². The smallest absolute Gasteiger partial charge is 0.237 e. The Morgan fingerprint density at radius 2 is 2.22 bits per heavy atom. The number of carbonyl (C=O) groups is 1. The van der Waals surface area contributed by atoms with Gasteiger partial charge in [-0.25, -0.2) is 4.98 Å². The molecule has 2 unspecified atom stereocenters. The fraction of sp³-hybridized carbons (Fsp3) is 0.714. The van der Waals surface area contributed by atoms with Crippen molar-refractivity contribution in [2.75, 3.05) is 38.1 Å². The summed E-state index contributed by atoms with van der Waals surface area (Å²) in [5.41, 5.74) is 1.26. The van der Waals surface area contributed by atoms with Crippen LogP contribution in [0, 0.1) is 5.92 Å². The molecule has 1 aromatic heterocycles.